The fraction of sp³-hybridized carbons (Fsp3) is 0.133. The van der Waals surface area contributed by atoms with Crippen LogP contribution in [-0.4, -0.2) is 31.4 Å². The summed E-state index contributed by atoms with van der Waals surface area (Å²) in [4.78, 5) is 12.1. The van der Waals surface area contributed by atoms with Gasteiger partial charge in [0.2, 0.25) is 0 Å². The summed E-state index contributed by atoms with van der Waals surface area (Å²) >= 11 is 0. The van der Waals surface area contributed by atoms with Crippen molar-refractivity contribution in [1.82, 2.24) is 24.7 Å². The fourth-order valence-corrected chi connectivity index (χ4v) is 2.48. The molecule has 21 heavy (non-hydrogen) atoms. The van der Waals surface area contributed by atoms with Crippen molar-refractivity contribution >= 4 is 21.9 Å². The van der Waals surface area contributed by atoms with E-state index in [1.807, 2.05) is 24.4 Å². The van der Waals surface area contributed by atoms with Crippen LogP contribution in [0.3, 0.4) is 0 Å². The molecular formula is C15H12FN5. The topological polar surface area (TPSA) is 59.4 Å². The summed E-state index contributed by atoms with van der Waals surface area (Å²) in [7, 11) is 0. The minimum atomic E-state index is -0.428. The van der Waals surface area contributed by atoms with E-state index in [-0.39, 0.29) is 6.54 Å². The van der Waals surface area contributed by atoms with Crippen LogP contribution in [0.2, 0.25) is 0 Å². The minimum Gasteiger partial charge on any atom is -0.339 e. The molecule has 0 radical (unpaired) electrons. The van der Waals surface area contributed by atoms with Crippen LogP contribution in [0.5, 0.6) is 0 Å². The number of H-pyrrole nitrogens is 1. The van der Waals surface area contributed by atoms with Gasteiger partial charge in [-0.3, -0.25) is 9.67 Å². The lowest BCUT2D eigenvalue weighted by atomic mass is 10.2. The van der Waals surface area contributed by atoms with E-state index in [0.717, 1.165) is 33.2 Å². The Labute approximate surface area is 119 Å². The highest BCUT2D eigenvalue weighted by Gasteiger charge is 2.08. The lowest BCUT2D eigenvalue weighted by Crippen LogP contribution is -1.98. The zero-order valence-electron chi connectivity index (χ0n) is 11.1. The summed E-state index contributed by atoms with van der Waals surface area (Å²) in [5.41, 5.74) is 3.51. The number of halogens is 1. The molecule has 4 aromatic rings. The number of hydrogen-bond acceptors (Lipinski definition) is 3. The fourth-order valence-electron chi connectivity index (χ4n) is 2.48. The van der Waals surface area contributed by atoms with Crippen LogP contribution in [-0.2, 0) is 6.54 Å². The van der Waals surface area contributed by atoms with Crippen molar-refractivity contribution in [2.24, 2.45) is 0 Å². The van der Waals surface area contributed by atoms with Gasteiger partial charge < -0.3 is 4.98 Å². The summed E-state index contributed by atoms with van der Waals surface area (Å²) in [6, 6.07) is 5.89. The third-order valence-electron chi connectivity index (χ3n) is 3.50. The maximum Gasteiger partial charge on any atom is 0.139 e. The molecule has 6 heteroatoms. The van der Waals surface area contributed by atoms with Gasteiger partial charge >= 0.3 is 0 Å². The van der Waals surface area contributed by atoms with Crippen LogP contribution in [0.4, 0.5) is 4.39 Å². The Morgan fingerprint density at radius 2 is 2.10 bits per heavy atom. The normalized spacial score (nSPS) is 11.5. The Balaban J connectivity index is 1.84. The van der Waals surface area contributed by atoms with Gasteiger partial charge in [0.25, 0.3) is 0 Å². The Hall–Kier alpha value is -2.76. The number of rotatable bonds is 3. The summed E-state index contributed by atoms with van der Waals surface area (Å²) in [6.07, 6.45) is 7.08. The molecule has 0 spiro atoms. The van der Waals surface area contributed by atoms with Crippen molar-refractivity contribution in [3.05, 3.63) is 43.0 Å². The smallest absolute Gasteiger partial charge is 0.139 e. The van der Waals surface area contributed by atoms with Gasteiger partial charge in [-0.15, -0.1) is 0 Å². The second-order valence-electron chi connectivity index (χ2n) is 4.82. The molecule has 5 nitrogen and oxygen atoms in total. The molecule has 0 aliphatic heterocycles. The Morgan fingerprint density at radius 1 is 1.14 bits per heavy atom. The van der Waals surface area contributed by atoms with Gasteiger partial charge in [-0.1, -0.05) is 0 Å². The van der Waals surface area contributed by atoms with Gasteiger partial charge in [-0.25, -0.2) is 9.37 Å². The van der Waals surface area contributed by atoms with Gasteiger partial charge in [0, 0.05) is 34.9 Å². The van der Waals surface area contributed by atoms with Crippen molar-refractivity contribution in [2.75, 3.05) is 6.67 Å². The number of aryl methyl sites for hydroxylation is 1. The molecule has 1 N–H and O–H groups in total. The van der Waals surface area contributed by atoms with E-state index in [0.29, 0.717) is 0 Å². The van der Waals surface area contributed by atoms with E-state index in [1.54, 1.807) is 23.3 Å². The quantitative estimate of drug-likeness (QED) is 0.628. The molecule has 0 amide bonds. The number of alkyl halides is 1. The number of hydrogen-bond donors (Lipinski definition) is 1. The Kier molecular flexibility index (Phi) is 2.67. The zero-order valence-corrected chi connectivity index (χ0v) is 11.1. The molecule has 4 heterocycles. The monoisotopic (exact) mass is 281 g/mol. The first-order valence-electron chi connectivity index (χ1n) is 6.66. The third-order valence-corrected chi connectivity index (χ3v) is 3.50. The van der Waals surface area contributed by atoms with Crippen molar-refractivity contribution in [2.45, 2.75) is 6.54 Å². The highest BCUT2D eigenvalue weighted by molar-refractivity contribution is 6.05. The van der Waals surface area contributed by atoms with Gasteiger partial charge in [0.15, 0.2) is 0 Å². The van der Waals surface area contributed by atoms with Crippen LogP contribution >= 0.6 is 0 Å². The second-order valence-corrected chi connectivity index (χ2v) is 4.82. The minimum absolute atomic E-state index is 0.264. The molecule has 0 bridgehead atoms. The standard InChI is InChI=1S/C15H12FN5/c16-4-6-21-9-10(7-18-21)13-2-1-11-12-8-17-5-3-14(12)20-15(11)19-13/h1-3,5,7-9H,4,6H2,(H,19,20). The van der Waals surface area contributed by atoms with Gasteiger partial charge in [0.1, 0.15) is 12.3 Å². The summed E-state index contributed by atoms with van der Waals surface area (Å²) in [5.74, 6) is 0. The van der Waals surface area contributed by atoms with Crippen molar-refractivity contribution in [3.8, 4) is 11.3 Å². The lowest BCUT2D eigenvalue weighted by molar-refractivity contribution is 0.427. The molecular weight excluding hydrogens is 269 g/mol. The molecule has 0 saturated carbocycles. The van der Waals surface area contributed by atoms with E-state index in [1.165, 1.54) is 0 Å². The van der Waals surface area contributed by atoms with Crippen LogP contribution in [0.1, 0.15) is 0 Å². The molecule has 0 saturated heterocycles. The number of fused-ring (bicyclic) bond motifs is 3. The summed E-state index contributed by atoms with van der Waals surface area (Å²) in [5, 5.41) is 6.22. The molecule has 0 unspecified atom stereocenters. The molecule has 0 aliphatic carbocycles. The maximum atomic E-state index is 12.3. The molecule has 0 aliphatic rings. The van der Waals surface area contributed by atoms with Crippen molar-refractivity contribution in [3.63, 3.8) is 0 Å². The number of nitrogens with zero attached hydrogens (tertiary/aromatic N) is 4. The summed E-state index contributed by atoms with van der Waals surface area (Å²) < 4.78 is 13.9. The zero-order chi connectivity index (χ0) is 14.2. The summed E-state index contributed by atoms with van der Waals surface area (Å²) in [6.45, 7) is -0.164. The van der Waals surface area contributed by atoms with E-state index in [2.05, 4.69) is 20.1 Å². The van der Waals surface area contributed by atoms with Gasteiger partial charge in [-0.2, -0.15) is 5.10 Å². The highest BCUT2D eigenvalue weighted by atomic mass is 19.1. The molecule has 0 fully saturated rings. The number of pyridine rings is 2. The SMILES string of the molecule is FCCn1cc(-c2ccc3c(n2)[nH]c2ccncc23)cn1. The molecule has 4 aromatic heterocycles. The van der Waals surface area contributed by atoms with E-state index < -0.39 is 6.67 Å². The molecule has 0 atom stereocenters. The molecule has 4 rings (SSSR count). The van der Waals surface area contributed by atoms with Crippen LogP contribution in [0.25, 0.3) is 33.2 Å². The molecule has 0 aromatic carbocycles. The first-order chi connectivity index (χ1) is 10.3. The predicted octanol–water partition coefficient (Wildman–Crippen LogP) is 2.94. The average molecular weight is 281 g/mol. The molecule has 104 valence electrons. The third kappa shape index (κ3) is 1.96. The average Bonchev–Trinajstić information content (AvgIpc) is 3.11. The first-order valence-corrected chi connectivity index (χ1v) is 6.66. The predicted molar refractivity (Wildman–Crippen MR) is 78.6 cm³/mol. The van der Waals surface area contributed by atoms with Crippen molar-refractivity contribution < 1.29 is 4.39 Å². The van der Waals surface area contributed by atoms with E-state index >= 15 is 0 Å². The van der Waals surface area contributed by atoms with Gasteiger partial charge in [0.05, 0.1) is 24.0 Å². The maximum absolute atomic E-state index is 12.3. The Bertz CT molecular complexity index is 924. The highest BCUT2D eigenvalue weighted by Crippen LogP contribution is 2.26. The van der Waals surface area contributed by atoms with Crippen LogP contribution in [0, 0.1) is 0 Å². The van der Waals surface area contributed by atoms with Crippen molar-refractivity contribution in [1.29, 1.82) is 0 Å². The number of aromatic amines is 1. The number of nitrogens with one attached hydrogen (secondary N) is 1. The van der Waals surface area contributed by atoms with Crippen LogP contribution in [0.15, 0.2) is 43.0 Å². The second kappa shape index (κ2) is 4.66. The van der Waals surface area contributed by atoms with Crippen LogP contribution < -0.4 is 0 Å². The number of aromatic nitrogens is 5. The largest absolute Gasteiger partial charge is 0.339 e. The Morgan fingerprint density at radius 3 is 3.00 bits per heavy atom. The van der Waals surface area contributed by atoms with E-state index in [4.69, 9.17) is 0 Å². The van der Waals surface area contributed by atoms with Gasteiger partial charge in [-0.05, 0) is 18.2 Å². The van der Waals surface area contributed by atoms with E-state index in [9.17, 15) is 4.39 Å². The first kappa shape index (κ1) is 12.0. The lowest BCUT2D eigenvalue weighted by Gasteiger charge is -1.97.